The summed E-state index contributed by atoms with van der Waals surface area (Å²) in [4.78, 5) is 26.5. The largest absolute Gasteiger partial charge is 0.353 e. The van der Waals surface area contributed by atoms with Gasteiger partial charge in [-0.1, -0.05) is 32.0 Å². The van der Waals surface area contributed by atoms with E-state index in [-0.39, 0.29) is 23.9 Å². The maximum atomic E-state index is 12.4. The van der Waals surface area contributed by atoms with Crippen LogP contribution >= 0.6 is 0 Å². The smallest absolute Gasteiger partial charge is 0.321 e. The lowest BCUT2D eigenvalue weighted by Gasteiger charge is -2.32. The molecule has 0 bridgehead atoms. The summed E-state index contributed by atoms with van der Waals surface area (Å²) < 4.78 is 0. The molecular weight excluding hydrogens is 290 g/mol. The number of nitrogens with one attached hydrogen (secondary N) is 2. The van der Waals surface area contributed by atoms with Gasteiger partial charge >= 0.3 is 6.03 Å². The van der Waals surface area contributed by atoms with Crippen LogP contribution in [-0.4, -0.2) is 36.0 Å². The number of hydrogen-bond donors (Lipinski definition) is 2. The van der Waals surface area contributed by atoms with Gasteiger partial charge in [0.1, 0.15) is 0 Å². The van der Waals surface area contributed by atoms with Crippen molar-refractivity contribution < 1.29 is 9.59 Å². The molecular formula is C18H27N3O2. The van der Waals surface area contributed by atoms with E-state index in [1.807, 2.05) is 30.3 Å². The number of likely N-dealkylation sites (tertiary alicyclic amines) is 1. The van der Waals surface area contributed by atoms with Crippen LogP contribution in [0.5, 0.6) is 0 Å². The number of nitrogens with zero attached hydrogens (tertiary/aromatic N) is 1. The summed E-state index contributed by atoms with van der Waals surface area (Å²) in [6, 6.07) is 9.51. The molecule has 3 amide bonds. The van der Waals surface area contributed by atoms with Gasteiger partial charge in [0.05, 0.1) is 5.92 Å². The van der Waals surface area contributed by atoms with E-state index in [2.05, 4.69) is 24.5 Å². The van der Waals surface area contributed by atoms with Crippen molar-refractivity contribution in [3.05, 3.63) is 30.3 Å². The molecule has 1 aromatic rings. The summed E-state index contributed by atoms with van der Waals surface area (Å²) in [6.07, 6.45) is 3.59. The first-order valence-electron chi connectivity index (χ1n) is 8.55. The van der Waals surface area contributed by atoms with Gasteiger partial charge < -0.3 is 15.5 Å². The Balaban J connectivity index is 1.89. The van der Waals surface area contributed by atoms with E-state index in [0.717, 1.165) is 31.4 Å². The van der Waals surface area contributed by atoms with Crippen LogP contribution in [0.2, 0.25) is 0 Å². The highest BCUT2D eigenvalue weighted by molar-refractivity contribution is 5.90. The Morgan fingerprint density at radius 1 is 1.22 bits per heavy atom. The quantitative estimate of drug-likeness (QED) is 0.876. The van der Waals surface area contributed by atoms with E-state index < -0.39 is 0 Å². The third kappa shape index (κ3) is 4.98. The van der Waals surface area contributed by atoms with Crippen molar-refractivity contribution in [2.24, 2.45) is 5.92 Å². The topological polar surface area (TPSA) is 61.4 Å². The molecule has 1 saturated heterocycles. The first kappa shape index (κ1) is 17.3. The Hall–Kier alpha value is -2.04. The van der Waals surface area contributed by atoms with Crippen LogP contribution < -0.4 is 10.6 Å². The van der Waals surface area contributed by atoms with E-state index >= 15 is 0 Å². The molecule has 0 saturated carbocycles. The third-order valence-electron chi connectivity index (χ3n) is 4.44. The van der Waals surface area contributed by atoms with Gasteiger partial charge in [-0.05, 0) is 37.8 Å². The Labute approximate surface area is 138 Å². The monoisotopic (exact) mass is 317 g/mol. The fraction of sp³-hybridized carbons (Fsp3) is 0.556. The van der Waals surface area contributed by atoms with Crippen molar-refractivity contribution in [2.45, 2.75) is 45.6 Å². The molecule has 126 valence electrons. The van der Waals surface area contributed by atoms with Crippen LogP contribution in [0, 0.1) is 5.92 Å². The summed E-state index contributed by atoms with van der Waals surface area (Å²) in [7, 11) is 0. The van der Waals surface area contributed by atoms with Gasteiger partial charge in [-0.25, -0.2) is 4.79 Å². The van der Waals surface area contributed by atoms with Crippen LogP contribution in [0.4, 0.5) is 10.5 Å². The molecule has 0 aliphatic carbocycles. The van der Waals surface area contributed by atoms with Gasteiger partial charge in [-0.3, -0.25) is 4.79 Å². The second-order valence-electron chi connectivity index (χ2n) is 6.10. The number of benzene rings is 1. The zero-order valence-electron chi connectivity index (χ0n) is 14.0. The minimum Gasteiger partial charge on any atom is -0.353 e. The summed E-state index contributed by atoms with van der Waals surface area (Å²) in [5.41, 5.74) is 0.779. The normalized spacial score (nSPS) is 17.9. The van der Waals surface area contributed by atoms with Crippen molar-refractivity contribution in [2.75, 3.05) is 18.4 Å². The maximum absolute atomic E-state index is 12.4. The minimum absolute atomic E-state index is 0.0795. The highest BCUT2D eigenvalue weighted by Crippen LogP contribution is 2.18. The van der Waals surface area contributed by atoms with Gasteiger partial charge in [-0.15, -0.1) is 0 Å². The van der Waals surface area contributed by atoms with Gasteiger partial charge in [0.2, 0.25) is 5.91 Å². The number of urea groups is 1. The Morgan fingerprint density at radius 2 is 1.91 bits per heavy atom. The standard InChI is InChI=1S/C18H27N3O2/c1-3-15(4-2)19-17(22)14-9-8-12-21(13-14)18(23)20-16-10-6-5-7-11-16/h5-7,10-11,14-15H,3-4,8-9,12-13H2,1-2H3,(H,19,22)(H,20,23). The molecule has 1 aliphatic heterocycles. The second kappa shape index (κ2) is 8.56. The average Bonchev–Trinajstić information content (AvgIpc) is 2.60. The number of anilines is 1. The predicted molar refractivity (Wildman–Crippen MR) is 92.3 cm³/mol. The number of amides is 3. The second-order valence-corrected chi connectivity index (χ2v) is 6.10. The van der Waals surface area contributed by atoms with E-state index in [0.29, 0.717) is 13.1 Å². The first-order valence-corrected chi connectivity index (χ1v) is 8.55. The number of carbonyl (C=O) groups excluding carboxylic acids is 2. The lowest BCUT2D eigenvalue weighted by molar-refractivity contribution is -0.127. The predicted octanol–water partition coefficient (Wildman–Crippen LogP) is 3.24. The van der Waals surface area contributed by atoms with Gasteiger partial charge in [0.25, 0.3) is 0 Å². The van der Waals surface area contributed by atoms with Crippen LogP contribution in [-0.2, 0) is 4.79 Å². The lowest BCUT2D eigenvalue weighted by Crippen LogP contribution is -2.48. The summed E-state index contributed by atoms with van der Waals surface area (Å²) in [5.74, 6) is -0.0261. The van der Waals surface area contributed by atoms with Crippen molar-refractivity contribution in [1.82, 2.24) is 10.2 Å². The van der Waals surface area contributed by atoms with Crippen molar-refractivity contribution >= 4 is 17.6 Å². The summed E-state index contributed by atoms with van der Waals surface area (Å²) >= 11 is 0. The molecule has 0 spiro atoms. The Morgan fingerprint density at radius 3 is 2.57 bits per heavy atom. The average molecular weight is 317 g/mol. The fourth-order valence-corrected chi connectivity index (χ4v) is 2.91. The highest BCUT2D eigenvalue weighted by Gasteiger charge is 2.29. The van der Waals surface area contributed by atoms with Crippen molar-refractivity contribution in [3.8, 4) is 0 Å². The molecule has 1 fully saturated rings. The van der Waals surface area contributed by atoms with Crippen LogP contribution in [0.25, 0.3) is 0 Å². The Kier molecular flexibility index (Phi) is 6.44. The molecule has 0 radical (unpaired) electrons. The molecule has 23 heavy (non-hydrogen) atoms. The lowest BCUT2D eigenvalue weighted by atomic mass is 9.96. The van der Waals surface area contributed by atoms with Crippen LogP contribution in [0.1, 0.15) is 39.5 Å². The van der Waals surface area contributed by atoms with Crippen molar-refractivity contribution in [3.63, 3.8) is 0 Å². The molecule has 0 aromatic heterocycles. The van der Waals surface area contributed by atoms with Crippen LogP contribution in [0.3, 0.4) is 0 Å². The number of hydrogen-bond acceptors (Lipinski definition) is 2. The van der Waals surface area contributed by atoms with E-state index in [4.69, 9.17) is 0 Å². The molecule has 5 nitrogen and oxygen atoms in total. The number of para-hydroxylation sites is 1. The zero-order chi connectivity index (χ0) is 16.7. The van der Waals surface area contributed by atoms with E-state index in [1.54, 1.807) is 4.90 Å². The van der Waals surface area contributed by atoms with Gasteiger partial charge in [0.15, 0.2) is 0 Å². The molecule has 2 rings (SSSR count). The first-order chi connectivity index (χ1) is 11.1. The number of rotatable bonds is 5. The molecule has 1 aliphatic rings. The SMILES string of the molecule is CCC(CC)NC(=O)C1CCCN(C(=O)Nc2ccccc2)C1. The molecule has 5 heteroatoms. The maximum Gasteiger partial charge on any atom is 0.321 e. The van der Waals surface area contributed by atoms with Crippen molar-refractivity contribution in [1.29, 1.82) is 0 Å². The fourth-order valence-electron chi connectivity index (χ4n) is 2.91. The molecule has 1 heterocycles. The zero-order valence-corrected chi connectivity index (χ0v) is 14.0. The van der Waals surface area contributed by atoms with Gasteiger partial charge in [-0.2, -0.15) is 0 Å². The molecule has 2 N–H and O–H groups in total. The number of carbonyl (C=O) groups is 2. The molecule has 1 unspecified atom stereocenters. The van der Waals surface area contributed by atoms with E-state index in [1.165, 1.54) is 0 Å². The third-order valence-corrected chi connectivity index (χ3v) is 4.44. The summed E-state index contributed by atoms with van der Waals surface area (Å²) in [5, 5.41) is 5.99. The van der Waals surface area contributed by atoms with Gasteiger partial charge in [0, 0.05) is 24.8 Å². The molecule has 1 aromatic carbocycles. The van der Waals surface area contributed by atoms with E-state index in [9.17, 15) is 9.59 Å². The molecule has 1 atom stereocenters. The highest BCUT2D eigenvalue weighted by atomic mass is 16.2. The minimum atomic E-state index is -0.128. The number of piperidine rings is 1. The summed E-state index contributed by atoms with van der Waals surface area (Å²) in [6.45, 7) is 5.35. The van der Waals surface area contributed by atoms with Crippen LogP contribution in [0.15, 0.2) is 30.3 Å². The Bertz CT molecular complexity index is 514.